The second kappa shape index (κ2) is 36.8. The van der Waals surface area contributed by atoms with Gasteiger partial charge in [0, 0.05) is 48.4 Å². The lowest BCUT2D eigenvalue weighted by Gasteiger charge is -2.37. The minimum absolute atomic E-state index is 0.0129. The summed E-state index contributed by atoms with van der Waals surface area (Å²) < 4.78 is 5.79. The molecular weight excluding hydrogens is 1140 g/mol. The normalized spacial score (nSPS) is 28.7. The van der Waals surface area contributed by atoms with E-state index in [9.17, 15) is 43.5 Å². The molecule has 0 bridgehead atoms. The first-order chi connectivity index (χ1) is 41.7. The maximum Gasteiger partial charge on any atom is 0.248 e. The number of aliphatic hydroxyl groups excluding tert-OH is 1. The van der Waals surface area contributed by atoms with Gasteiger partial charge >= 0.3 is 0 Å². The van der Waals surface area contributed by atoms with Gasteiger partial charge < -0.3 is 66.7 Å². The molecule has 0 radical (unpaired) electrons. The van der Waals surface area contributed by atoms with Gasteiger partial charge in [-0.05, 0) is 132 Å². The van der Waals surface area contributed by atoms with Crippen LogP contribution in [0.25, 0.3) is 0 Å². The molecule has 11 amide bonds. The predicted octanol–water partition coefficient (Wildman–Crippen LogP) is 3.41. The second-order valence-corrected chi connectivity index (χ2v) is 27.8. The molecule has 508 valence electrons. The number of carbonyl (C=O) groups excluding carboxylic acids is 11. The summed E-state index contributed by atoms with van der Waals surface area (Å²) in [5, 5.41) is 31.3. The number of hydrogen-bond acceptors (Lipinski definition) is 13. The van der Waals surface area contributed by atoms with E-state index in [1.54, 1.807) is 18.9 Å². The number of nitrogens with one attached hydrogen (secondary N) is 7. The monoisotopic (exact) mass is 1260 g/mol. The number of methoxy groups -OCH3 is 1. The molecule has 24 nitrogen and oxygen atoms in total. The van der Waals surface area contributed by atoms with Crippen LogP contribution < -0.4 is 37.2 Å². The highest BCUT2D eigenvalue weighted by atomic mass is 16.5. The molecule has 1 aliphatic carbocycles. The summed E-state index contributed by atoms with van der Waals surface area (Å²) in [5.74, 6) is -9.03. The van der Waals surface area contributed by atoms with Gasteiger partial charge in [0.05, 0.1) is 24.5 Å². The number of rotatable bonds is 19. The molecule has 0 aromatic carbocycles. The third-order valence-electron chi connectivity index (χ3n) is 17.9. The minimum atomic E-state index is -1.69. The van der Waals surface area contributed by atoms with Crippen LogP contribution in [0.1, 0.15) is 186 Å². The molecule has 0 spiro atoms. The van der Waals surface area contributed by atoms with Gasteiger partial charge in [0.1, 0.15) is 54.4 Å². The Balaban J connectivity index is 2.35. The first-order valence-corrected chi connectivity index (χ1v) is 33.0. The zero-order chi connectivity index (χ0) is 67.3. The van der Waals surface area contributed by atoms with E-state index >= 15 is 14.4 Å². The summed E-state index contributed by atoms with van der Waals surface area (Å²) in [6.45, 7) is 24.3. The first-order valence-electron chi connectivity index (χ1n) is 33.0. The summed E-state index contributed by atoms with van der Waals surface area (Å²) in [4.78, 5) is 167. The smallest absolute Gasteiger partial charge is 0.248 e. The van der Waals surface area contributed by atoms with Crippen LogP contribution in [0.3, 0.4) is 0 Å². The number of aliphatic hydroxyl groups is 1. The third kappa shape index (κ3) is 23.4. The van der Waals surface area contributed by atoms with E-state index in [2.05, 4.69) is 37.2 Å². The van der Waals surface area contributed by atoms with E-state index in [0.717, 1.165) is 11.3 Å². The fourth-order valence-corrected chi connectivity index (χ4v) is 12.5. The Labute approximate surface area is 531 Å². The molecule has 2 heterocycles. The summed E-state index contributed by atoms with van der Waals surface area (Å²) in [6, 6.07) is -11.8. The minimum Gasteiger partial charge on any atom is -0.391 e. The van der Waals surface area contributed by atoms with Gasteiger partial charge in [0.25, 0.3) is 0 Å². The molecule has 14 atom stereocenters. The van der Waals surface area contributed by atoms with E-state index in [-0.39, 0.29) is 79.9 Å². The number of likely N-dealkylation sites (N-methyl/N-ethyl adjacent to an activating group) is 3. The largest absolute Gasteiger partial charge is 0.391 e. The summed E-state index contributed by atoms with van der Waals surface area (Å²) >= 11 is 0. The number of nitrogens with zero attached hydrogens (tertiary/aromatic N) is 4. The molecule has 3 aliphatic rings. The van der Waals surface area contributed by atoms with E-state index in [1.165, 1.54) is 45.0 Å². The van der Waals surface area contributed by atoms with Crippen molar-refractivity contribution in [1.29, 1.82) is 0 Å². The maximum absolute atomic E-state index is 15.1. The topological polar surface area (TPSA) is 314 Å². The van der Waals surface area contributed by atoms with Crippen LogP contribution in [0, 0.1) is 47.3 Å². The Kier molecular flexibility index (Phi) is 32.0. The van der Waals surface area contributed by atoms with Gasteiger partial charge in [-0.25, -0.2) is 0 Å². The summed E-state index contributed by atoms with van der Waals surface area (Å²) in [5.41, 5.74) is 0. The Bertz CT molecular complexity index is 2380. The van der Waals surface area contributed by atoms with Gasteiger partial charge in [-0.1, -0.05) is 89.5 Å². The van der Waals surface area contributed by atoms with Crippen LogP contribution in [0.15, 0.2) is 0 Å². The fraction of sp³-hybridized carbons (Fsp3) is 0.831. The molecule has 2 saturated heterocycles. The van der Waals surface area contributed by atoms with Crippen LogP contribution in [0.5, 0.6) is 0 Å². The molecule has 24 heteroatoms. The number of hydrogen-bond donors (Lipinski definition) is 8. The number of ether oxygens (including phenoxy) is 1. The van der Waals surface area contributed by atoms with Gasteiger partial charge in [0.2, 0.25) is 65.0 Å². The van der Waals surface area contributed by atoms with Crippen LogP contribution in [-0.2, 0) is 57.5 Å². The van der Waals surface area contributed by atoms with E-state index in [1.807, 2.05) is 76.2 Å². The van der Waals surface area contributed by atoms with Crippen molar-refractivity contribution in [3.05, 3.63) is 0 Å². The standard InChI is InChI=1S/C65H115N11O13/c1-19-41(12)54-64(87)74(16)50(32-39(8)9)59(82)68-45(26-24-43-23-25-44(56(79)66-14)52(34-43)89-18)57(80)72-55(42(13)77)65(88)75(17)51(33-40(10)11)61(84)70-48(63(86)76-27-21-20-22-28-76)35-53(78)67-47(30-37(4)5)62(85)73(15)49(31-38(6)7)60(83)69-46(29-36(2)3)58(81)71-54/h36-52,54-55,77H,19-35H2,1-18H3,(H,66,79)(H,67,78)(H,68,82)(H,69,83)(H,70,84)(H,71,81)(H,72,80)/t41-,42+,43?,44?,45-,46-,47-,48-,49-,50-,51-,52?,54-,55-/m0/s1. The number of carbonyl (C=O) groups is 11. The van der Waals surface area contributed by atoms with Crippen molar-refractivity contribution in [1.82, 2.24) is 56.8 Å². The van der Waals surface area contributed by atoms with Crippen molar-refractivity contribution < 1.29 is 62.6 Å². The third-order valence-corrected chi connectivity index (χ3v) is 17.9. The zero-order valence-corrected chi connectivity index (χ0v) is 57.1. The molecule has 89 heavy (non-hydrogen) atoms. The molecule has 2 aliphatic heterocycles. The van der Waals surface area contributed by atoms with Crippen LogP contribution in [0.2, 0.25) is 0 Å². The lowest BCUT2D eigenvalue weighted by Crippen LogP contribution is -2.63. The lowest BCUT2D eigenvalue weighted by molar-refractivity contribution is -0.147. The first kappa shape index (κ1) is 77.3. The van der Waals surface area contributed by atoms with E-state index in [0.29, 0.717) is 58.0 Å². The van der Waals surface area contributed by atoms with Crippen molar-refractivity contribution in [3.8, 4) is 0 Å². The predicted molar refractivity (Wildman–Crippen MR) is 340 cm³/mol. The average molecular weight is 1260 g/mol. The van der Waals surface area contributed by atoms with Gasteiger partial charge in [-0.3, -0.25) is 52.7 Å². The van der Waals surface area contributed by atoms with Crippen molar-refractivity contribution in [2.24, 2.45) is 47.3 Å². The quantitative estimate of drug-likeness (QED) is 0.0921. The molecule has 0 aromatic heterocycles. The molecular formula is C65H115N11O13. The Hall–Kier alpha value is -5.91. The summed E-state index contributed by atoms with van der Waals surface area (Å²) in [7, 11) is 7.37. The number of amides is 11. The molecule has 8 N–H and O–H groups in total. The molecule has 1 saturated carbocycles. The SMILES string of the molecule is CC[C@H](C)[C@@H]1NC(=O)[C@H](CC(C)C)NC(=O)[C@H](CC(C)C)N(C)C(=O)[C@H](CC(C)C)NC(=O)C[C@@H](C(=O)N2CCCCC2)NC(=O)[C@H](CC(C)C)N(C)C(=O)[C@H]([C@@H](C)O)NC(=O)[C@H](CCC2CCC(C(=O)NC)C(OC)C2)NC(=O)[C@H](CC(C)C)N(C)C1=O. The zero-order valence-electron chi connectivity index (χ0n) is 57.1. The molecule has 3 fully saturated rings. The van der Waals surface area contributed by atoms with Crippen LogP contribution in [0.4, 0.5) is 0 Å². The van der Waals surface area contributed by atoms with Crippen molar-refractivity contribution in [3.63, 3.8) is 0 Å². The average Bonchev–Trinajstić information content (AvgIpc) is 3.28. The Morgan fingerprint density at radius 3 is 1.47 bits per heavy atom. The molecule has 0 aromatic rings. The number of piperidine rings is 1. The lowest BCUT2D eigenvalue weighted by atomic mass is 9.77. The van der Waals surface area contributed by atoms with E-state index in [4.69, 9.17) is 4.74 Å². The van der Waals surface area contributed by atoms with Gasteiger partial charge in [-0.2, -0.15) is 0 Å². The number of likely N-dealkylation sites (tertiary alicyclic amines) is 1. The van der Waals surface area contributed by atoms with Gasteiger partial charge in [0.15, 0.2) is 0 Å². The Morgan fingerprint density at radius 2 is 1.00 bits per heavy atom. The highest BCUT2D eigenvalue weighted by Gasteiger charge is 2.43. The molecule has 3 rings (SSSR count). The van der Waals surface area contributed by atoms with Crippen LogP contribution in [-0.4, -0.2) is 205 Å². The highest BCUT2D eigenvalue weighted by molar-refractivity contribution is 6.00. The fourth-order valence-electron chi connectivity index (χ4n) is 12.5. The maximum atomic E-state index is 15.1. The highest BCUT2D eigenvalue weighted by Crippen LogP contribution is 2.34. The van der Waals surface area contributed by atoms with E-state index < -0.39 is 144 Å². The van der Waals surface area contributed by atoms with Crippen LogP contribution >= 0.6 is 0 Å². The van der Waals surface area contributed by atoms with Gasteiger partial charge in [-0.15, -0.1) is 0 Å². The second-order valence-electron chi connectivity index (χ2n) is 27.8. The van der Waals surface area contributed by atoms with Crippen molar-refractivity contribution >= 4 is 65.0 Å². The molecule has 3 unspecified atom stereocenters. The van der Waals surface area contributed by atoms with Crippen molar-refractivity contribution in [2.45, 2.75) is 253 Å². The summed E-state index contributed by atoms with van der Waals surface area (Å²) in [6.07, 6.45) is 2.59. The Morgan fingerprint density at radius 1 is 0.551 bits per heavy atom. The van der Waals surface area contributed by atoms with Crippen molar-refractivity contribution in [2.75, 3.05) is 48.4 Å².